The number of hydrogen-bond donors (Lipinski definition) is 2. The molecule has 1 aromatic heterocycles. The number of aromatic nitrogens is 1. The third-order valence-electron chi connectivity index (χ3n) is 1.32. The van der Waals surface area contributed by atoms with Crippen LogP contribution in [0.5, 0.6) is 0 Å². The maximum atomic E-state index is 10.1. The minimum Gasteiger partial charge on any atom is -0.481 e. The van der Waals surface area contributed by atoms with Crippen LogP contribution in [0, 0.1) is 11.8 Å². The zero-order chi connectivity index (χ0) is 9.68. The quantitative estimate of drug-likeness (QED) is 0.610. The van der Waals surface area contributed by atoms with Crippen LogP contribution in [-0.4, -0.2) is 16.1 Å². The summed E-state index contributed by atoms with van der Waals surface area (Å²) in [4.78, 5) is 13.9. The molecule has 0 aliphatic rings. The second-order valence-electron chi connectivity index (χ2n) is 2.34. The van der Waals surface area contributed by atoms with Crippen molar-refractivity contribution in [1.29, 1.82) is 0 Å². The maximum Gasteiger partial charge on any atom is 0.315 e. The Morgan fingerprint density at radius 1 is 1.69 bits per heavy atom. The molecule has 3 N–H and O–H groups in total. The van der Waals surface area contributed by atoms with E-state index in [4.69, 9.17) is 10.8 Å². The minimum atomic E-state index is -0.949. The van der Waals surface area contributed by atoms with Crippen molar-refractivity contribution in [2.45, 2.75) is 6.42 Å². The van der Waals surface area contributed by atoms with Gasteiger partial charge in [0.2, 0.25) is 0 Å². The summed E-state index contributed by atoms with van der Waals surface area (Å²) in [5, 5.41) is 8.31. The number of nitrogen functional groups attached to an aromatic ring is 1. The van der Waals surface area contributed by atoms with Crippen LogP contribution in [0.25, 0.3) is 0 Å². The van der Waals surface area contributed by atoms with Crippen molar-refractivity contribution >= 4 is 11.7 Å². The summed E-state index contributed by atoms with van der Waals surface area (Å²) >= 11 is 0. The highest BCUT2D eigenvalue weighted by Crippen LogP contribution is 2.05. The summed E-state index contributed by atoms with van der Waals surface area (Å²) in [6.07, 6.45) is 2.87. The van der Waals surface area contributed by atoms with Gasteiger partial charge in [-0.2, -0.15) is 0 Å². The SMILES string of the molecule is Nc1ccncc1C#CCC(=O)O. The Labute approximate surface area is 75.4 Å². The fourth-order valence-electron chi connectivity index (χ4n) is 0.725. The van der Waals surface area contributed by atoms with Crippen LogP contribution in [0.4, 0.5) is 5.69 Å². The van der Waals surface area contributed by atoms with Crippen LogP contribution in [0.2, 0.25) is 0 Å². The molecule has 4 heteroatoms. The van der Waals surface area contributed by atoms with E-state index >= 15 is 0 Å². The smallest absolute Gasteiger partial charge is 0.315 e. The van der Waals surface area contributed by atoms with Crippen LogP contribution in [-0.2, 0) is 4.79 Å². The number of anilines is 1. The molecule has 0 unspecified atom stereocenters. The molecule has 66 valence electrons. The van der Waals surface area contributed by atoms with Crippen molar-refractivity contribution < 1.29 is 9.90 Å². The van der Waals surface area contributed by atoms with Crippen molar-refractivity contribution in [3.63, 3.8) is 0 Å². The lowest BCUT2D eigenvalue weighted by Crippen LogP contribution is -1.92. The highest BCUT2D eigenvalue weighted by atomic mass is 16.4. The molecule has 13 heavy (non-hydrogen) atoms. The summed E-state index contributed by atoms with van der Waals surface area (Å²) in [6, 6.07) is 1.62. The van der Waals surface area contributed by atoms with Gasteiger partial charge < -0.3 is 10.8 Å². The van der Waals surface area contributed by atoms with E-state index in [1.165, 1.54) is 6.20 Å². The largest absolute Gasteiger partial charge is 0.481 e. The van der Waals surface area contributed by atoms with Gasteiger partial charge in [-0.05, 0) is 6.07 Å². The fraction of sp³-hybridized carbons (Fsp3) is 0.111. The number of pyridine rings is 1. The van der Waals surface area contributed by atoms with Gasteiger partial charge in [0.1, 0.15) is 6.42 Å². The second-order valence-corrected chi connectivity index (χ2v) is 2.34. The minimum absolute atomic E-state index is 0.186. The highest BCUT2D eigenvalue weighted by Gasteiger charge is 1.93. The van der Waals surface area contributed by atoms with Crippen LogP contribution in [0.3, 0.4) is 0 Å². The molecular formula is C9H8N2O2. The van der Waals surface area contributed by atoms with Gasteiger partial charge in [0.25, 0.3) is 0 Å². The Morgan fingerprint density at radius 3 is 3.08 bits per heavy atom. The molecule has 4 nitrogen and oxygen atoms in total. The van der Waals surface area contributed by atoms with Crippen LogP contribution in [0.1, 0.15) is 12.0 Å². The molecule has 0 spiro atoms. The van der Waals surface area contributed by atoms with Gasteiger partial charge in [-0.15, -0.1) is 0 Å². The lowest BCUT2D eigenvalue weighted by atomic mass is 10.2. The number of rotatable bonds is 1. The van der Waals surface area contributed by atoms with Crippen LogP contribution >= 0.6 is 0 Å². The summed E-state index contributed by atoms with van der Waals surface area (Å²) in [5.74, 6) is 4.15. The van der Waals surface area contributed by atoms with E-state index in [2.05, 4.69) is 16.8 Å². The first-order chi connectivity index (χ1) is 6.20. The lowest BCUT2D eigenvalue weighted by molar-refractivity contribution is -0.135. The van der Waals surface area contributed by atoms with Crippen molar-refractivity contribution in [1.82, 2.24) is 4.98 Å². The van der Waals surface area contributed by atoms with Gasteiger partial charge in [-0.25, -0.2) is 0 Å². The topological polar surface area (TPSA) is 76.2 Å². The molecule has 1 aromatic rings. The molecule has 0 saturated heterocycles. The molecule has 0 radical (unpaired) electrons. The number of nitrogens with two attached hydrogens (primary N) is 1. The van der Waals surface area contributed by atoms with E-state index in [0.717, 1.165) is 0 Å². The number of carboxylic acid groups (broad SMARTS) is 1. The normalized spacial score (nSPS) is 8.62. The van der Waals surface area contributed by atoms with Crippen LogP contribution in [0.15, 0.2) is 18.5 Å². The first-order valence-corrected chi connectivity index (χ1v) is 3.60. The van der Waals surface area contributed by atoms with Crippen molar-refractivity contribution in [3.8, 4) is 11.8 Å². The van der Waals surface area contributed by atoms with E-state index in [1.807, 2.05) is 0 Å². The van der Waals surface area contributed by atoms with Crippen molar-refractivity contribution in [3.05, 3.63) is 24.0 Å². The van der Waals surface area contributed by atoms with E-state index < -0.39 is 5.97 Å². The monoisotopic (exact) mass is 176 g/mol. The average Bonchev–Trinajstić information content (AvgIpc) is 2.08. The molecule has 0 aliphatic carbocycles. The predicted octanol–water partition coefficient (Wildman–Crippen LogP) is 0.490. The molecule has 0 aromatic carbocycles. The van der Waals surface area contributed by atoms with Gasteiger partial charge in [0.15, 0.2) is 0 Å². The average molecular weight is 176 g/mol. The Balaban J connectivity index is 2.77. The van der Waals surface area contributed by atoms with Gasteiger partial charge in [0.05, 0.1) is 11.3 Å². The summed E-state index contributed by atoms with van der Waals surface area (Å²) in [5.41, 5.74) is 6.61. The van der Waals surface area contributed by atoms with Crippen LogP contribution < -0.4 is 5.73 Å². The molecule has 0 aliphatic heterocycles. The summed E-state index contributed by atoms with van der Waals surface area (Å²) in [7, 11) is 0. The van der Waals surface area contributed by atoms with Gasteiger partial charge in [0, 0.05) is 12.4 Å². The number of carboxylic acids is 1. The van der Waals surface area contributed by atoms with Gasteiger partial charge in [-0.3, -0.25) is 9.78 Å². The zero-order valence-electron chi connectivity index (χ0n) is 6.82. The Hall–Kier alpha value is -2.02. The Morgan fingerprint density at radius 2 is 2.46 bits per heavy atom. The molecule has 0 atom stereocenters. The molecule has 1 heterocycles. The number of nitrogens with zero attached hydrogens (tertiary/aromatic N) is 1. The van der Waals surface area contributed by atoms with E-state index in [1.54, 1.807) is 12.3 Å². The molecule has 0 fully saturated rings. The number of carbonyl (C=O) groups is 1. The predicted molar refractivity (Wildman–Crippen MR) is 47.8 cm³/mol. The van der Waals surface area contributed by atoms with Gasteiger partial charge in [-0.1, -0.05) is 11.8 Å². The van der Waals surface area contributed by atoms with Gasteiger partial charge >= 0.3 is 5.97 Å². The third-order valence-corrected chi connectivity index (χ3v) is 1.32. The number of aliphatic carboxylic acids is 1. The fourth-order valence-corrected chi connectivity index (χ4v) is 0.725. The molecule has 0 bridgehead atoms. The number of hydrogen-bond acceptors (Lipinski definition) is 3. The standard InChI is InChI=1S/C9H8N2O2/c10-8-4-5-11-6-7(8)2-1-3-9(12)13/h4-6H,3H2,(H2,10,11)(H,12,13). The van der Waals surface area contributed by atoms with Crippen molar-refractivity contribution in [2.24, 2.45) is 0 Å². The Kier molecular flexibility index (Phi) is 2.87. The highest BCUT2D eigenvalue weighted by molar-refractivity contribution is 5.70. The summed E-state index contributed by atoms with van der Waals surface area (Å²) in [6.45, 7) is 0. The summed E-state index contributed by atoms with van der Waals surface area (Å²) < 4.78 is 0. The second kappa shape index (κ2) is 4.12. The molecule has 1 rings (SSSR count). The third kappa shape index (κ3) is 2.83. The zero-order valence-corrected chi connectivity index (χ0v) is 6.82. The first kappa shape index (κ1) is 9.07. The van der Waals surface area contributed by atoms with Crippen molar-refractivity contribution in [2.75, 3.05) is 5.73 Å². The lowest BCUT2D eigenvalue weighted by Gasteiger charge is -1.93. The molecule has 0 saturated carbocycles. The molecular weight excluding hydrogens is 168 g/mol. The van der Waals surface area contributed by atoms with E-state index in [-0.39, 0.29) is 6.42 Å². The first-order valence-electron chi connectivity index (χ1n) is 3.60. The Bertz CT molecular complexity index is 377. The molecule has 0 amide bonds. The van der Waals surface area contributed by atoms with E-state index in [9.17, 15) is 4.79 Å². The van der Waals surface area contributed by atoms with E-state index in [0.29, 0.717) is 11.3 Å². The maximum absolute atomic E-state index is 10.1.